The number of nitrogens with one attached hydrogen (secondary N) is 1. The van der Waals surface area contributed by atoms with Gasteiger partial charge in [-0.25, -0.2) is 4.79 Å². The van der Waals surface area contributed by atoms with Crippen LogP contribution in [-0.2, 0) is 20.4 Å². The van der Waals surface area contributed by atoms with E-state index >= 15 is 0 Å². The Morgan fingerprint density at radius 1 is 1.18 bits per heavy atom. The molecule has 17 heavy (non-hydrogen) atoms. The number of nitrogens with zero attached hydrogens (tertiary/aromatic N) is 1. The van der Waals surface area contributed by atoms with E-state index in [9.17, 15) is 26.4 Å². The maximum absolute atomic E-state index is 11.2. The minimum absolute atomic E-state index is 0.639. The molecule has 0 saturated heterocycles. The number of hydrogen-bond donors (Lipinski definition) is 4. The first-order valence-corrected chi connectivity index (χ1v) is 6.33. The van der Waals surface area contributed by atoms with E-state index in [-0.39, 0.29) is 0 Å². The van der Waals surface area contributed by atoms with Crippen molar-refractivity contribution in [3.05, 3.63) is 15.9 Å². The number of aromatic amines is 1. The van der Waals surface area contributed by atoms with E-state index in [1.165, 1.54) is 5.10 Å². The lowest BCUT2D eigenvalue weighted by atomic mass is 10.4. The van der Waals surface area contributed by atoms with Crippen molar-refractivity contribution in [2.24, 2.45) is 0 Å². The first kappa shape index (κ1) is 13.4. The van der Waals surface area contributed by atoms with Crippen molar-refractivity contribution >= 4 is 26.4 Å². The molecule has 96 valence electrons. The zero-order valence-corrected chi connectivity index (χ0v) is 9.19. The van der Waals surface area contributed by atoms with Gasteiger partial charge in [-0.15, -0.1) is 4.09 Å². The van der Waals surface area contributed by atoms with Gasteiger partial charge in [0.1, 0.15) is 0 Å². The van der Waals surface area contributed by atoms with Gasteiger partial charge in [-0.2, -0.15) is 16.8 Å². The summed E-state index contributed by atoms with van der Waals surface area (Å²) >= 11 is 0. The molecular weight excluding hydrogens is 284 g/mol. The van der Waals surface area contributed by atoms with Crippen LogP contribution < -0.4 is 5.56 Å². The number of aromatic carboxylic acids is 1. The molecule has 0 atom stereocenters. The van der Waals surface area contributed by atoms with Crippen molar-refractivity contribution in [3.8, 4) is 0 Å². The summed E-state index contributed by atoms with van der Waals surface area (Å²) in [5.74, 6) is -2.10. The van der Waals surface area contributed by atoms with Gasteiger partial charge in [0, 0.05) is 0 Å². The summed E-state index contributed by atoms with van der Waals surface area (Å²) < 4.78 is 59.0. The van der Waals surface area contributed by atoms with Crippen molar-refractivity contribution < 1.29 is 35.8 Å². The molecule has 0 spiro atoms. The van der Waals surface area contributed by atoms with Crippen LogP contribution in [0.15, 0.2) is 9.82 Å². The van der Waals surface area contributed by atoms with E-state index in [1.807, 2.05) is 0 Å². The fourth-order valence-corrected chi connectivity index (χ4v) is 2.14. The van der Waals surface area contributed by atoms with Gasteiger partial charge in [0.15, 0.2) is 10.6 Å². The highest BCUT2D eigenvalue weighted by atomic mass is 32.2. The molecule has 0 aliphatic carbocycles. The molecule has 13 heteroatoms. The summed E-state index contributed by atoms with van der Waals surface area (Å²) in [5.41, 5.74) is -3.39. The minimum atomic E-state index is -5.22. The zero-order chi connectivity index (χ0) is 13.6. The van der Waals surface area contributed by atoms with Gasteiger partial charge in [-0.05, 0) is 0 Å². The molecule has 0 aliphatic rings. The van der Waals surface area contributed by atoms with Crippen molar-refractivity contribution in [2.75, 3.05) is 0 Å². The van der Waals surface area contributed by atoms with Gasteiger partial charge in [-0.3, -0.25) is 19.0 Å². The Bertz CT molecular complexity index is 732. The molecule has 4 N–H and O–H groups in total. The number of hydrogen-bond acceptors (Lipinski definition) is 6. The molecular formula is C4H4N2O9S2. The quantitative estimate of drug-likeness (QED) is 0.447. The molecule has 1 rings (SSSR count). The Morgan fingerprint density at radius 3 is 1.88 bits per heavy atom. The zero-order valence-electron chi connectivity index (χ0n) is 7.55. The third-order valence-electron chi connectivity index (χ3n) is 1.53. The van der Waals surface area contributed by atoms with Gasteiger partial charge in [-0.1, -0.05) is 0 Å². The molecule has 1 heterocycles. The molecule has 0 amide bonds. The van der Waals surface area contributed by atoms with Crippen LogP contribution in [0.3, 0.4) is 0 Å². The summed E-state index contributed by atoms with van der Waals surface area (Å²) in [6.45, 7) is 0. The van der Waals surface area contributed by atoms with Gasteiger partial charge in [0.25, 0.3) is 5.56 Å². The normalized spacial score (nSPS) is 12.6. The van der Waals surface area contributed by atoms with Crippen molar-refractivity contribution in [1.82, 2.24) is 9.19 Å². The number of carboxylic acid groups (broad SMARTS) is 1. The van der Waals surface area contributed by atoms with E-state index in [0.29, 0.717) is 0 Å². The van der Waals surface area contributed by atoms with Gasteiger partial charge in [0.05, 0.1) is 0 Å². The minimum Gasteiger partial charge on any atom is -0.477 e. The highest BCUT2D eigenvalue weighted by molar-refractivity contribution is 7.86. The predicted octanol–water partition coefficient (Wildman–Crippen LogP) is -2.23. The maximum atomic E-state index is 11.2. The first-order valence-electron chi connectivity index (χ1n) is 3.50. The third kappa shape index (κ3) is 2.36. The summed E-state index contributed by atoms with van der Waals surface area (Å²) in [6.07, 6.45) is 0. The number of H-pyrrole nitrogens is 1. The standard InChI is InChI=1S/C4H4N2O9S2/c7-3-1(4(8)9)2(16(10,11)12)5-6(3)17(13,14)15/h5H,(H,8,9)(H,10,11,12)(H,13,14,15). The largest absolute Gasteiger partial charge is 0.477 e. The van der Waals surface area contributed by atoms with Gasteiger partial charge >= 0.3 is 26.4 Å². The summed E-state index contributed by atoms with van der Waals surface area (Å²) in [5, 5.41) is 8.21. The van der Waals surface area contributed by atoms with Crippen molar-refractivity contribution in [3.63, 3.8) is 0 Å². The molecule has 1 aromatic rings. The second kappa shape index (κ2) is 3.66. The topological polar surface area (TPSA) is 184 Å². The SMILES string of the molecule is O=C(O)c1c(S(=O)(=O)O)[nH]n(S(=O)(=O)O)c1=O. The van der Waals surface area contributed by atoms with E-state index in [2.05, 4.69) is 0 Å². The Kier molecular flexibility index (Phi) is 2.88. The Morgan fingerprint density at radius 2 is 1.65 bits per heavy atom. The number of rotatable bonds is 3. The van der Waals surface area contributed by atoms with Crippen LogP contribution in [-0.4, -0.2) is 46.2 Å². The van der Waals surface area contributed by atoms with Crippen molar-refractivity contribution in [1.29, 1.82) is 0 Å². The molecule has 0 aliphatic heterocycles. The fraction of sp³-hybridized carbons (Fsp3) is 0. The molecule has 0 unspecified atom stereocenters. The number of carboxylic acids is 1. The lowest BCUT2D eigenvalue weighted by molar-refractivity contribution is 0.0691. The first-order chi connectivity index (χ1) is 7.46. The van der Waals surface area contributed by atoms with E-state index in [0.717, 1.165) is 0 Å². The summed E-state index contributed by atoms with van der Waals surface area (Å²) in [4.78, 5) is 21.7. The van der Waals surface area contributed by atoms with Crippen LogP contribution in [0.2, 0.25) is 0 Å². The van der Waals surface area contributed by atoms with Crippen LogP contribution in [0, 0.1) is 0 Å². The monoisotopic (exact) mass is 288 g/mol. The number of aromatic nitrogens is 2. The van der Waals surface area contributed by atoms with Crippen molar-refractivity contribution in [2.45, 2.75) is 5.03 Å². The Hall–Kier alpha value is -1.70. The molecule has 0 saturated carbocycles. The lowest BCUT2D eigenvalue weighted by Gasteiger charge is -1.94. The average molecular weight is 288 g/mol. The molecule has 1 aromatic heterocycles. The van der Waals surface area contributed by atoms with Crippen LogP contribution in [0.4, 0.5) is 0 Å². The highest BCUT2D eigenvalue weighted by Crippen LogP contribution is 2.09. The van der Waals surface area contributed by atoms with Gasteiger partial charge in [0.2, 0.25) is 0 Å². The molecule has 0 aromatic carbocycles. The predicted molar refractivity (Wildman–Crippen MR) is 48.8 cm³/mol. The van der Waals surface area contributed by atoms with Crippen LogP contribution in [0.1, 0.15) is 10.4 Å². The molecule has 11 nitrogen and oxygen atoms in total. The highest BCUT2D eigenvalue weighted by Gasteiger charge is 2.31. The molecule has 0 fully saturated rings. The molecule has 0 bridgehead atoms. The van der Waals surface area contributed by atoms with E-state index in [1.54, 1.807) is 0 Å². The smallest absolute Gasteiger partial charge is 0.380 e. The Labute approximate surface area is 92.9 Å². The summed E-state index contributed by atoms with van der Waals surface area (Å²) in [6, 6.07) is 0. The van der Waals surface area contributed by atoms with Crippen LogP contribution >= 0.6 is 0 Å². The third-order valence-corrected chi connectivity index (χ3v) is 3.06. The second-order valence-electron chi connectivity index (χ2n) is 2.64. The lowest BCUT2D eigenvalue weighted by Crippen LogP contribution is -2.27. The van der Waals surface area contributed by atoms with E-state index in [4.69, 9.17) is 14.2 Å². The maximum Gasteiger partial charge on any atom is 0.380 e. The molecule has 0 radical (unpaired) electrons. The van der Waals surface area contributed by atoms with Gasteiger partial charge < -0.3 is 5.11 Å². The second-order valence-corrected chi connectivity index (χ2v) is 5.26. The number of carbonyl (C=O) groups is 1. The Balaban J connectivity index is 3.90. The van der Waals surface area contributed by atoms with E-state index < -0.39 is 46.6 Å². The average Bonchev–Trinajstić information content (AvgIpc) is 2.40. The summed E-state index contributed by atoms with van der Waals surface area (Å²) in [7, 11) is -10.4. The van der Waals surface area contributed by atoms with Crippen LogP contribution in [0.25, 0.3) is 0 Å². The fourth-order valence-electron chi connectivity index (χ4n) is 0.935. The van der Waals surface area contributed by atoms with Crippen LogP contribution in [0.5, 0.6) is 0 Å².